The summed E-state index contributed by atoms with van der Waals surface area (Å²) >= 11 is 0. The van der Waals surface area contributed by atoms with Crippen LogP contribution in [0.3, 0.4) is 0 Å². The fraction of sp³-hybridized carbons (Fsp3) is 0.500. The van der Waals surface area contributed by atoms with E-state index in [1.165, 1.54) is 18.7 Å². The van der Waals surface area contributed by atoms with E-state index in [-0.39, 0.29) is 12.8 Å². The highest BCUT2D eigenvalue weighted by Gasteiger charge is 2.55. The first-order valence-corrected chi connectivity index (χ1v) is 3.94. The van der Waals surface area contributed by atoms with E-state index in [0.29, 0.717) is 5.56 Å². The molecule has 70 valence electrons. The van der Waals surface area contributed by atoms with E-state index in [2.05, 4.69) is 9.97 Å². The predicted molar refractivity (Wildman–Crippen MR) is 42.1 cm³/mol. The molecule has 3 nitrogen and oxygen atoms in total. The van der Waals surface area contributed by atoms with Gasteiger partial charge in [-0.1, -0.05) is 0 Å². The van der Waals surface area contributed by atoms with Crippen molar-refractivity contribution in [3.63, 3.8) is 0 Å². The molecule has 2 rings (SSSR count). The maximum absolute atomic E-state index is 12.6. The third-order valence-electron chi connectivity index (χ3n) is 2.28. The van der Waals surface area contributed by atoms with Crippen molar-refractivity contribution in [2.45, 2.75) is 24.3 Å². The minimum atomic E-state index is -2.62. The second-order valence-electron chi connectivity index (χ2n) is 3.49. The van der Waals surface area contributed by atoms with Gasteiger partial charge in [-0.25, -0.2) is 18.7 Å². The zero-order valence-corrected chi connectivity index (χ0v) is 6.87. The summed E-state index contributed by atoms with van der Waals surface area (Å²) in [7, 11) is 0. The molecule has 0 aliphatic heterocycles. The van der Waals surface area contributed by atoms with Crippen molar-refractivity contribution in [1.82, 2.24) is 9.97 Å². The number of nitrogens with two attached hydrogens (primary N) is 1. The fourth-order valence-corrected chi connectivity index (χ4v) is 1.63. The number of hydrogen-bond acceptors (Lipinski definition) is 3. The Morgan fingerprint density at radius 3 is 2.23 bits per heavy atom. The van der Waals surface area contributed by atoms with Gasteiger partial charge >= 0.3 is 0 Å². The molecule has 2 N–H and O–H groups in total. The number of rotatable bonds is 1. The highest BCUT2D eigenvalue weighted by atomic mass is 19.3. The molecule has 0 amide bonds. The number of aromatic nitrogens is 2. The van der Waals surface area contributed by atoms with E-state index in [0.717, 1.165) is 0 Å². The largest absolute Gasteiger partial charge is 0.321 e. The molecule has 0 aromatic carbocycles. The van der Waals surface area contributed by atoms with E-state index in [1.807, 2.05) is 0 Å². The van der Waals surface area contributed by atoms with Crippen molar-refractivity contribution in [3.8, 4) is 0 Å². The van der Waals surface area contributed by atoms with Gasteiger partial charge in [0.05, 0.1) is 5.54 Å². The second-order valence-corrected chi connectivity index (χ2v) is 3.49. The molecule has 0 atom stereocenters. The molecule has 0 unspecified atom stereocenters. The van der Waals surface area contributed by atoms with Gasteiger partial charge in [0, 0.05) is 30.8 Å². The van der Waals surface area contributed by atoms with Gasteiger partial charge in [-0.15, -0.1) is 0 Å². The van der Waals surface area contributed by atoms with E-state index < -0.39 is 11.5 Å². The summed E-state index contributed by atoms with van der Waals surface area (Å²) in [5, 5.41) is 0. The first-order valence-electron chi connectivity index (χ1n) is 3.94. The third-order valence-corrected chi connectivity index (χ3v) is 2.28. The van der Waals surface area contributed by atoms with Crippen molar-refractivity contribution >= 4 is 0 Å². The standard InChI is InChI=1S/C8H9F2N3/c9-8(10)3-7(11,4-8)6-1-12-5-13-2-6/h1-2,5H,3-4,11H2. The van der Waals surface area contributed by atoms with Crippen molar-refractivity contribution in [3.05, 3.63) is 24.3 Å². The number of nitrogens with zero attached hydrogens (tertiary/aromatic N) is 2. The summed E-state index contributed by atoms with van der Waals surface area (Å²) in [6.07, 6.45) is 3.70. The van der Waals surface area contributed by atoms with Crippen LogP contribution in [0.4, 0.5) is 8.78 Å². The van der Waals surface area contributed by atoms with Gasteiger partial charge in [-0.3, -0.25) is 0 Å². The Morgan fingerprint density at radius 2 is 1.77 bits per heavy atom. The minimum absolute atomic E-state index is 0.312. The van der Waals surface area contributed by atoms with Crippen LogP contribution in [0.2, 0.25) is 0 Å². The Labute approximate surface area is 74.0 Å². The molecule has 1 fully saturated rings. The van der Waals surface area contributed by atoms with Crippen LogP contribution in [0.5, 0.6) is 0 Å². The van der Waals surface area contributed by atoms with Crippen LogP contribution in [0, 0.1) is 0 Å². The van der Waals surface area contributed by atoms with Crippen LogP contribution < -0.4 is 5.73 Å². The summed E-state index contributed by atoms with van der Waals surface area (Å²) in [6, 6.07) is 0. The van der Waals surface area contributed by atoms with Crippen LogP contribution in [-0.2, 0) is 5.54 Å². The highest BCUT2D eigenvalue weighted by molar-refractivity contribution is 5.23. The van der Waals surface area contributed by atoms with Gasteiger partial charge in [-0.2, -0.15) is 0 Å². The summed E-state index contributed by atoms with van der Waals surface area (Å²) in [6.45, 7) is 0. The van der Waals surface area contributed by atoms with Gasteiger partial charge in [0.25, 0.3) is 5.92 Å². The Bertz CT molecular complexity index is 304. The van der Waals surface area contributed by atoms with E-state index in [9.17, 15) is 8.78 Å². The van der Waals surface area contributed by atoms with Gasteiger partial charge in [0.2, 0.25) is 0 Å². The smallest absolute Gasteiger partial charge is 0.252 e. The molecule has 1 heterocycles. The zero-order valence-electron chi connectivity index (χ0n) is 6.87. The number of alkyl halides is 2. The number of halogens is 2. The van der Waals surface area contributed by atoms with Gasteiger partial charge in [0.15, 0.2) is 0 Å². The third kappa shape index (κ3) is 1.39. The Hall–Kier alpha value is -1.10. The average Bonchev–Trinajstić information content (AvgIpc) is 2.02. The van der Waals surface area contributed by atoms with E-state index in [4.69, 9.17) is 5.73 Å². The van der Waals surface area contributed by atoms with Crippen molar-refractivity contribution in [1.29, 1.82) is 0 Å². The molecule has 1 aromatic rings. The monoisotopic (exact) mass is 185 g/mol. The summed E-state index contributed by atoms with van der Waals surface area (Å²) in [5.41, 5.74) is 5.40. The fourth-order valence-electron chi connectivity index (χ4n) is 1.63. The molecule has 0 saturated heterocycles. The first kappa shape index (κ1) is 8.50. The molecule has 1 aliphatic rings. The molecule has 0 spiro atoms. The Kier molecular flexibility index (Phi) is 1.60. The SMILES string of the molecule is NC1(c2cncnc2)CC(F)(F)C1. The van der Waals surface area contributed by atoms with E-state index in [1.54, 1.807) is 0 Å². The minimum Gasteiger partial charge on any atom is -0.321 e. The molecule has 1 aliphatic carbocycles. The Balaban J connectivity index is 2.21. The first-order chi connectivity index (χ1) is 6.02. The lowest BCUT2D eigenvalue weighted by Crippen LogP contribution is -2.55. The number of hydrogen-bond donors (Lipinski definition) is 1. The molecule has 13 heavy (non-hydrogen) atoms. The van der Waals surface area contributed by atoms with Crippen LogP contribution >= 0.6 is 0 Å². The molecule has 5 heteroatoms. The lowest BCUT2D eigenvalue weighted by atomic mass is 9.71. The van der Waals surface area contributed by atoms with E-state index >= 15 is 0 Å². The summed E-state index contributed by atoms with van der Waals surface area (Å²) < 4.78 is 25.2. The summed E-state index contributed by atoms with van der Waals surface area (Å²) in [4.78, 5) is 7.49. The highest BCUT2D eigenvalue weighted by Crippen LogP contribution is 2.49. The molecule has 1 saturated carbocycles. The Morgan fingerprint density at radius 1 is 1.23 bits per heavy atom. The molecule has 0 bridgehead atoms. The predicted octanol–water partition coefficient (Wildman–Crippen LogP) is 1.06. The van der Waals surface area contributed by atoms with Crippen LogP contribution in [0.15, 0.2) is 18.7 Å². The quantitative estimate of drug-likeness (QED) is 0.711. The maximum Gasteiger partial charge on any atom is 0.252 e. The van der Waals surface area contributed by atoms with Gasteiger partial charge < -0.3 is 5.73 Å². The van der Waals surface area contributed by atoms with Gasteiger partial charge in [-0.05, 0) is 0 Å². The molecular weight excluding hydrogens is 176 g/mol. The summed E-state index contributed by atoms with van der Waals surface area (Å²) in [5.74, 6) is -2.62. The topological polar surface area (TPSA) is 51.8 Å². The molecule has 0 radical (unpaired) electrons. The molecular formula is C8H9F2N3. The lowest BCUT2D eigenvalue weighted by Gasteiger charge is -2.44. The van der Waals surface area contributed by atoms with Crippen LogP contribution in [-0.4, -0.2) is 15.9 Å². The normalized spacial score (nSPS) is 23.6. The second kappa shape index (κ2) is 2.45. The van der Waals surface area contributed by atoms with Gasteiger partial charge in [0.1, 0.15) is 6.33 Å². The van der Waals surface area contributed by atoms with Crippen molar-refractivity contribution in [2.75, 3.05) is 0 Å². The van der Waals surface area contributed by atoms with Crippen molar-refractivity contribution in [2.24, 2.45) is 5.73 Å². The average molecular weight is 185 g/mol. The maximum atomic E-state index is 12.6. The van der Waals surface area contributed by atoms with Crippen LogP contribution in [0.25, 0.3) is 0 Å². The lowest BCUT2D eigenvalue weighted by molar-refractivity contribution is -0.125. The molecule has 1 aromatic heterocycles. The zero-order chi connectivity index (χ0) is 9.53. The van der Waals surface area contributed by atoms with Crippen molar-refractivity contribution < 1.29 is 8.78 Å². The van der Waals surface area contributed by atoms with Crippen LogP contribution in [0.1, 0.15) is 18.4 Å².